The summed E-state index contributed by atoms with van der Waals surface area (Å²) in [5.74, 6) is 0. The van der Waals surface area contributed by atoms with Gasteiger partial charge < -0.3 is 14.3 Å². The average molecular weight is 706 g/mol. The molecule has 4 heterocycles. The molecule has 53 heavy (non-hydrogen) atoms. The first-order chi connectivity index (χ1) is 26.0. The van der Waals surface area contributed by atoms with Crippen molar-refractivity contribution in [2.24, 2.45) is 7.05 Å². The largest absolute Gasteiger partial charge is 0.454 e. The summed E-state index contributed by atoms with van der Waals surface area (Å²) in [7, 11) is 2.07. The lowest BCUT2D eigenvalue weighted by atomic mass is 10.00. The molecule has 2 unspecified atom stereocenters. The van der Waals surface area contributed by atoms with Crippen LogP contribution in [0.4, 0.5) is 0 Å². The number of dihydropyridines is 1. The highest BCUT2D eigenvalue weighted by molar-refractivity contribution is 6.16. The number of benzene rings is 4. The van der Waals surface area contributed by atoms with Crippen LogP contribution < -0.4 is 21.5 Å². The maximum atomic E-state index is 6.16. The Morgan fingerprint density at radius 2 is 1.57 bits per heavy atom. The van der Waals surface area contributed by atoms with Gasteiger partial charge in [-0.1, -0.05) is 130 Å². The number of aryl methyl sites for hydroxylation is 3. The first-order valence-electron chi connectivity index (χ1n) is 18.8. The number of hydrogen-bond donors (Lipinski definition) is 4. The molecule has 6 nitrogen and oxygen atoms in total. The van der Waals surface area contributed by atoms with Crippen LogP contribution in [0.15, 0.2) is 132 Å². The Bertz CT molecular complexity index is 2250. The van der Waals surface area contributed by atoms with E-state index in [1.54, 1.807) is 0 Å². The second-order valence-corrected chi connectivity index (χ2v) is 12.7. The molecule has 2 aliphatic rings. The lowest BCUT2D eigenvalue weighted by molar-refractivity contribution is 0.554. The first kappa shape index (κ1) is 38.8. The number of para-hydroxylation sites is 1. The molecule has 2 atom stereocenters. The number of aromatic nitrogens is 1. The molecule has 8 rings (SSSR count). The Labute approximate surface area is 315 Å². The van der Waals surface area contributed by atoms with E-state index < -0.39 is 0 Å². The van der Waals surface area contributed by atoms with Gasteiger partial charge in [0.15, 0.2) is 5.58 Å². The van der Waals surface area contributed by atoms with E-state index in [4.69, 9.17) is 4.42 Å². The van der Waals surface area contributed by atoms with Gasteiger partial charge in [0.25, 0.3) is 0 Å². The number of nitrogens with one attached hydrogen (secondary N) is 4. The molecule has 4 aromatic carbocycles. The fraction of sp³-hybridized carbons (Fsp3) is 0.234. The maximum absolute atomic E-state index is 6.16. The summed E-state index contributed by atoms with van der Waals surface area (Å²) in [5, 5.41) is 10.3. The standard InChI is InChI=1S/C20H17NO.C18H24N4.C7H8.C2H6/c1-4-8-13-15-11-12-16-14-9-6-7-10-18(14)22-20(16)19(15)21(3)17(13)5-2;1-3-5-15-12-16(7-6-13(15)4-2)18-20-17(21-22-18)14-8-10-19-11-9-14;1-7-5-3-2-4-6-7;1-2/h4-12H,2H2,1,3H3;3,5-10,12,17-22H,4,11H2,1-2H3;2-6H,1H3;1-2H3/b8-4-;5-3-;;. The Morgan fingerprint density at radius 1 is 0.849 bits per heavy atom. The smallest absolute Gasteiger partial charge is 0.159 e. The third-order valence-electron chi connectivity index (χ3n) is 9.37. The molecule has 6 aromatic rings. The molecular weight excluding hydrogens is 651 g/mol. The van der Waals surface area contributed by atoms with Crippen LogP contribution in [0.3, 0.4) is 0 Å². The summed E-state index contributed by atoms with van der Waals surface area (Å²) in [6, 6.07) is 29.5. The van der Waals surface area contributed by atoms with Crippen LogP contribution in [0, 0.1) is 6.92 Å². The van der Waals surface area contributed by atoms with E-state index in [1.807, 2.05) is 69.4 Å². The quantitative estimate of drug-likeness (QED) is 0.139. The van der Waals surface area contributed by atoms with Crippen molar-refractivity contribution in [3.8, 4) is 0 Å². The number of hydrogen-bond acceptors (Lipinski definition) is 5. The van der Waals surface area contributed by atoms with Crippen molar-refractivity contribution in [1.29, 1.82) is 0 Å². The van der Waals surface area contributed by atoms with Gasteiger partial charge in [0.2, 0.25) is 0 Å². The van der Waals surface area contributed by atoms with Gasteiger partial charge in [-0.25, -0.2) is 10.9 Å². The van der Waals surface area contributed by atoms with Crippen LogP contribution in [0.1, 0.15) is 74.3 Å². The summed E-state index contributed by atoms with van der Waals surface area (Å²) in [6.07, 6.45) is 18.0. The fourth-order valence-electron chi connectivity index (χ4n) is 6.79. The molecule has 0 saturated carbocycles. The van der Waals surface area contributed by atoms with Gasteiger partial charge in [0, 0.05) is 41.0 Å². The Morgan fingerprint density at radius 3 is 2.23 bits per heavy atom. The Balaban J connectivity index is 0.000000166. The van der Waals surface area contributed by atoms with Gasteiger partial charge >= 0.3 is 0 Å². The third kappa shape index (κ3) is 8.81. The zero-order chi connectivity index (χ0) is 37.7. The molecule has 0 spiro atoms. The SMILES string of the molecule is C/C=C\c1cc(C2NNC(C3=CCNC=C3)N2)ccc1CC.C=Cc1c(/C=C\C)c2ccc3c4ccccc4oc3c2n1C.CC.Cc1ccccc1. The lowest BCUT2D eigenvalue weighted by Crippen LogP contribution is -2.36. The van der Waals surface area contributed by atoms with Crippen LogP contribution in [0.5, 0.6) is 0 Å². The summed E-state index contributed by atoms with van der Waals surface area (Å²) < 4.78 is 8.33. The number of furan rings is 1. The second-order valence-electron chi connectivity index (χ2n) is 12.7. The van der Waals surface area contributed by atoms with Gasteiger partial charge in [-0.3, -0.25) is 5.32 Å². The van der Waals surface area contributed by atoms with Crippen LogP contribution in [-0.2, 0) is 13.5 Å². The molecular formula is C47H55N5O. The predicted molar refractivity (Wildman–Crippen MR) is 229 cm³/mol. The second kappa shape index (κ2) is 18.9. The molecule has 1 saturated heterocycles. The van der Waals surface area contributed by atoms with Crippen LogP contribution in [0.2, 0.25) is 0 Å². The van der Waals surface area contributed by atoms with Crippen molar-refractivity contribution >= 4 is 51.1 Å². The van der Waals surface area contributed by atoms with Gasteiger partial charge in [-0.05, 0) is 86.0 Å². The summed E-state index contributed by atoms with van der Waals surface area (Å²) in [4.78, 5) is 0. The van der Waals surface area contributed by atoms with Crippen molar-refractivity contribution in [2.45, 2.75) is 60.3 Å². The maximum Gasteiger partial charge on any atom is 0.159 e. The molecule has 0 aliphatic carbocycles. The molecule has 6 heteroatoms. The molecule has 1 fully saturated rings. The molecule has 0 amide bonds. The van der Waals surface area contributed by atoms with Crippen LogP contribution >= 0.6 is 0 Å². The Kier molecular flexibility index (Phi) is 13.8. The first-order valence-corrected chi connectivity index (χ1v) is 18.8. The van der Waals surface area contributed by atoms with E-state index >= 15 is 0 Å². The number of fused-ring (bicyclic) bond motifs is 5. The molecule has 4 N–H and O–H groups in total. The van der Waals surface area contributed by atoms with E-state index in [2.05, 4.69) is 145 Å². The zero-order valence-corrected chi connectivity index (χ0v) is 32.3. The highest BCUT2D eigenvalue weighted by Crippen LogP contribution is 2.37. The van der Waals surface area contributed by atoms with Crippen molar-refractivity contribution in [3.05, 3.63) is 161 Å². The van der Waals surface area contributed by atoms with Crippen LogP contribution in [-0.4, -0.2) is 17.3 Å². The molecule has 2 aromatic heterocycles. The van der Waals surface area contributed by atoms with E-state index in [9.17, 15) is 0 Å². The summed E-state index contributed by atoms with van der Waals surface area (Å²) >= 11 is 0. The molecule has 0 bridgehead atoms. The zero-order valence-electron chi connectivity index (χ0n) is 32.3. The third-order valence-corrected chi connectivity index (χ3v) is 9.37. The highest BCUT2D eigenvalue weighted by atomic mass is 16.3. The van der Waals surface area contributed by atoms with Crippen molar-refractivity contribution in [3.63, 3.8) is 0 Å². The van der Waals surface area contributed by atoms with Crippen molar-refractivity contribution < 1.29 is 4.42 Å². The minimum atomic E-state index is 0.115. The number of hydrazine groups is 1. The molecule has 0 radical (unpaired) electrons. The van der Waals surface area contributed by atoms with Crippen LogP contribution in [0.25, 0.3) is 51.1 Å². The molecule has 2 aliphatic heterocycles. The normalized spacial score (nSPS) is 16.5. The van der Waals surface area contributed by atoms with E-state index in [0.29, 0.717) is 0 Å². The predicted octanol–water partition coefficient (Wildman–Crippen LogP) is 11.1. The number of nitrogens with zero attached hydrogens (tertiary/aromatic N) is 1. The van der Waals surface area contributed by atoms with Crippen molar-refractivity contribution in [2.75, 3.05) is 6.54 Å². The number of allylic oxidation sites excluding steroid dienone is 2. The van der Waals surface area contributed by atoms with Gasteiger partial charge in [-0.15, -0.1) is 0 Å². The van der Waals surface area contributed by atoms with E-state index in [1.165, 1.54) is 38.8 Å². The highest BCUT2D eigenvalue weighted by Gasteiger charge is 2.26. The average Bonchev–Trinajstić information content (AvgIpc) is 3.92. The topological polar surface area (TPSA) is 66.2 Å². The van der Waals surface area contributed by atoms with E-state index in [0.717, 1.165) is 46.1 Å². The minimum Gasteiger partial charge on any atom is -0.454 e. The number of rotatable bonds is 6. The van der Waals surface area contributed by atoms with E-state index in [-0.39, 0.29) is 12.3 Å². The monoisotopic (exact) mass is 705 g/mol. The minimum absolute atomic E-state index is 0.115. The van der Waals surface area contributed by atoms with Gasteiger partial charge in [0.05, 0.1) is 17.8 Å². The Hall–Kier alpha value is -5.40. The summed E-state index contributed by atoms with van der Waals surface area (Å²) in [5.41, 5.74) is 18.5. The lowest BCUT2D eigenvalue weighted by Gasteiger charge is -2.17. The molecule has 274 valence electrons. The van der Waals surface area contributed by atoms with Gasteiger partial charge in [0.1, 0.15) is 5.58 Å². The fourth-order valence-corrected chi connectivity index (χ4v) is 6.79. The van der Waals surface area contributed by atoms with Gasteiger partial charge in [-0.2, -0.15) is 0 Å². The van der Waals surface area contributed by atoms with Crippen molar-refractivity contribution in [1.82, 2.24) is 26.1 Å². The summed E-state index contributed by atoms with van der Waals surface area (Å²) in [6.45, 7) is 17.2.